The van der Waals surface area contributed by atoms with Crippen molar-refractivity contribution in [3.63, 3.8) is 0 Å². The van der Waals surface area contributed by atoms with Gasteiger partial charge in [0.1, 0.15) is 0 Å². The average molecular weight is 559 g/mol. The third-order valence-electron chi connectivity index (χ3n) is 5.63. The number of anilines is 2. The van der Waals surface area contributed by atoms with E-state index in [4.69, 9.17) is 9.47 Å². The van der Waals surface area contributed by atoms with Crippen molar-refractivity contribution in [2.24, 2.45) is 0 Å². The highest BCUT2D eigenvalue weighted by molar-refractivity contribution is 5.86. The summed E-state index contributed by atoms with van der Waals surface area (Å²) in [5, 5.41) is 5.46. The SMILES string of the molecule is CCOC(=O)Nc1ccccc1CC#Cc1ccccc1.CCOC(=O)Nc1ccccc1CC#Cc1ccccc1. The Hall–Kier alpha value is -5.46. The summed E-state index contributed by atoms with van der Waals surface area (Å²) in [6, 6.07) is 34.8. The lowest BCUT2D eigenvalue weighted by atomic mass is 10.1. The Bertz CT molecular complexity index is 1430. The van der Waals surface area contributed by atoms with Crippen molar-refractivity contribution in [1.29, 1.82) is 0 Å². The predicted octanol–water partition coefficient (Wildman–Crippen LogP) is 7.70. The lowest BCUT2D eigenvalue weighted by Crippen LogP contribution is -2.14. The Morgan fingerprint density at radius 1 is 0.548 bits per heavy atom. The van der Waals surface area contributed by atoms with Crippen molar-refractivity contribution in [2.45, 2.75) is 26.7 Å². The summed E-state index contributed by atoms with van der Waals surface area (Å²) in [7, 11) is 0. The van der Waals surface area contributed by atoms with Crippen LogP contribution >= 0.6 is 0 Å². The van der Waals surface area contributed by atoms with Crippen molar-refractivity contribution >= 4 is 23.6 Å². The third-order valence-corrected chi connectivity index (χ3v) is 5.63. The Kier molecular flexibility index (Phi) is 13.3. The van der Waals surface area contributed by atoms with Gasteiger partial charge in [-0.3, -0.25) is 10.6 Å². The fourth-order valence-electron chi connectivity index (χ4n) is 3.67. The van der Waals surface area contributed by atoms with Gasteiger partial charge in [-0.1, -0.05) is 96.5 Å². The van der Waals surface area contributed by atoms with Gasteiger partial charge in [-0.15, -0.1) is 0 Å². The number of rotatable bonds is 6. The summed E-state index contributed by atoms with van der Waals surface area (Å²) < 4.78 is 9.78. The molecule has 4 rings (SSSR count). The molecule has 0 saturated heterocycles. The molecule has 2 N–H and O–H groups in total. The molecule has 0 saturated carbocycles. The first kappa shape index (κ1) is 31.1. The molecule has 0 unspecified atom stereocenters. The van der Waals surface area contributed by atoms with Crippen LogP contribution in [-0.2, 0) is 22.3 Å². The highest BCUT2D eigenvalue weighted by Crippen LogP contribution is 2.17. The second-order valence-corrected chi connectivity index (χ2v) is 8.69. The summed E-state index contributed by atoms with van der Waals surface area (Å²) >= 11 is 0. The maximum Gasteiger partial charge on any atom is 0.411 e. The Labute approximate surface area is 248 Å². The van der Waals surface area contributed by atoms with E-state index in [0.29, 0.717) is 26.1 Å². The molecule has 0 spiro atoms. The minimum absolute atomic E-state index is 0.349. The molecule has 2 amide bonds. The molecule has 0 heterocycles. The van der Waals surface area contributed by atoms with Gasteiger partial charge < -0.3 is 9.47 Å². The molecule has 4 aromatic rings. The molecule has 0 atom stereocenters. The first-order chi connectivity index (χ1) is 20.6. The second kappa shape index (κ2) is 18.0. The van der Waals surface area contributed by atoms with Gasteiger partial charge in [0.05, 0.1) is 13.2 Å². The van der Waals surface area contributed by atoms with Crippen LogP contribution in [0.5, 0.6) is 0 Å². The molecule has 6 nitrogen and oxygen atoms in total. The van der Waals surface area contributed by atoms with Gasteiger partial charge >= 0.3 is 12.2 Å². The molecule has 212 valence electrons. The second-order valence-electron chi connectivity index (χ2n) is 8.69. The summed E-state index contributed by atoms with van der Waals surface area (Å²) in [4.78, 5) is 23.0. The average Bonchev–Trinajstić information content (AvgIpc) is 3.01. The number of benzene rings is 4. The zero-order chi connectivity index (χ0) is 29.8. The van der Waals surface area contributed by atoms with E-state index in [-0.39, 0.29) is 0 Å². The van der Waals surface area contributed by atoms with Gasteiger partial charge in [-0.2, -0.15) is 0 Å². The summed E-state index contributed by atoms with van der Waals surface area (Å²) in [5.74, 6) is 12.5. The summed E-state index contributed by atoms with van der Waals surface area (Å²) in [6.07, 6.45) is 0.247. The van der Waals surface area contributed by atoms with Gasteiger partial charge in [-0.05, 0) is 61.4 Å². The topological polar surface area (TPSA) is 76.7 Å². The molecule has 0 aromatic heterocycles. The van der Waals surface area contributed by atoms with Crippen LogP contribution in [0.4, 0.5) is 21.0 Å². The monoisotopic (exact) mass is 558 g/mol. The maximum absolute atomic E-state index is 11.5. The predicted molar refractivity (Wildman–Crippen MR) is 168 cm³/mol. The molecule has 0 radical (unpaired) electrons. The van der Waals surface area contributed by atoms with E-state index < -0.39 is 12.2 Å². The Morgan fingerprint density at radius 2 is 0.905 bits per heavy atom. The molecule has 0 aliphatic carbocycles. The number of hydrogen-bond acceptors (Lipinski definition) is 4. The first-order valence-corrected chi connectivity index (χ1v) is 13.7. The zero-order valence-electron chi connectivity index (χ0n) is 23.9. The number of amides is 2. The molecule has 0 aliphatic heterocycles. The van der Waals surface area contributed by atoms with Crippen LogP contribution in [0.2, 0.25) is 0 Å². The first-order valence-electron chi connectivity index (χ1n) is 13.7. The van der Waals surface area contributed by atoms with Gasteiger partial charge in [0.15, 0.2) is 0 Å². The van der Waals surface area contributed by atoms with Crippen molar-refractivity contribution in [3.8, 4) is 23.7 Å². The molecule has 0 bridgehead atoms. The van der Waals surface area contributed by atoms with E-state index >= 15 is 0 Å². The Morgan fingerprint density at radius 3 is 1.29 bits per heavy atom. The van der Waals surface area contributed by atoms with Gasteiger partial charge in [0.2, 0.25) is 0 Å². The molecular weight excluding hydrogens is 524 g/mol. The van der Waals surface area contributed by atoms with Crippen LogP contribution in [0.1, 0.15) is 36.1 Å². The van der Waals surface area contributed by atoms with Crippen molar-refractivity contribution in [1.82, 2.24) is 0 Å². The molecule has 0 fully saturated rings. The number of ether oxygens (including phenoxy) is 2. The fourth-order valence-corrected chi connectivity index (χ4v) is 3.67. The normalized spacial score (nSPS) is 9.38. The van der Waals surface area contributed by atoms with E-state index in [0.717, 1.165) is 33.6 Å². The highest BCUT2D eigenvalue weighted by Gasteiger charge is 2.06. The quantitative estimate of drug-likeness (QED) is 0.238. The summed E-state index contributed by atoms with van der Waals surface area (Å²) in [6.45, 7) is 4.25. The standard InChI is InChI=1S/2C18H17NO2/c2*1-2-21-18(20)19-17-14-7-6-12-16(17)13-8-11-15-9-4-3-5-10-15/h2*3-7,9-10,12,14H,2,13H2,1H3,(H,19,20). The van der Waals surface area contributed by atoms with Gasteiger partial charge in [0, 0.05) is 35.3 Å². The van der Waals surface area contributed by atoms with Crippen molar-refractivity contribution in [2.75, 3.05) is 23.8 Å². The van der Waals surface area contributed by atoms with Crippen molar-refractivity contribution < 1.29 is 19.1 Å². The molecule has 6 heteroatoms. The molecule has 42 heavy (non-hydrogen) atoms. The number of carbonyl (C=O) groups is 2. The molecule has 4 aromatic carbocycles. The minimum Gasteiger partial charge on any atom is -0.450 e. The largest absolute Gasteiger partial charge is 0.450 e. The number of hydrogen-bond donors (Lipinski definition) is 2. The lowest BCUT2D eigenvalue weighted by Gasteiger charge is -2.08. The number of nitrogens with one attached hydrogen (secondary N) is 2. The van der Waals surface area contributed by atoms with Crippen molar-refractivity contribution in [3.05, 3.63) is 131 Å². The summed E-state index contributed by atoms with van der Waals surface area (Å²) in [5.41, 5.74) is 5.36. The van der Waals surface area contributed by atoms with E-state index in [1.165, 1.54) is 0 Å². The van der Waals surface area contributed by atoms with Gasteiger partial charge in [-0.25, -0.2) is 9.59 Å². The minimum atomic E-state index is -0.444. The van der Waals surface area contributed by atoms with E-state index in [1.807, 2.05) is 109 Å². The molecule has 0 aliphatic rings. The van der Waals surface area contributed by atoms with E-state index in [1.54, 1.807) is 13.8 Å². The number of para-hydroxylation sites is 2. The van der Waals surface area contributed by atoms with Gasteiger partial charge in [0.25, 0.3) is 0 Å². The maximum atomic E-state index is 11.5. The highest BCUT2D eigenvalue weighted by atomic mass is 16.6. The van der Waals surface area contributed by atoms with Crippen LogP contribution < -0.4 is 10.6 Å². The van der Waals surface area contributed by atoms with E-state index in [2.05, 4.69) is 34.3 Å². The Balaban J connectivity index is 0.000000230. The lowest BCUT2D eigenvalue weighted by molar-refractivity contribution is 0.167. The third kappa shape index (κ3) is 11.3. The van der Waals surface area contributed by atoms with Crippen LogP contribution in [-0.4, -0.2) is 25.4 Å². The molecular formula is C36H34N2O4. The number of carbonyl (C=O) groups excluding carboxylic acids is 2. The van der Waals surface area contributed by atoms with Crippen LogP contribution in [0.15, 0.2) is 109 Å². The fraction of sp³-hybridized carbons (Fsp3) is 0.167. The van der Waals surface area contributed by atoms with Crippen LogP contribution in [0.3, 0.4) is 0 Å². The van der Waals surface area contributed by atoms with Crippen LogP contribution in [0, 0.1) is 23.7 Å². The van der Waals surface area contributed by atoms with Crippen LogP contribution in [0.25, 0.3) is 0 Å². The van der Waals surface area contributed by atoms with E-state index in [9.17, 15) is 9.59 Å². The smallest absolute Gasteiger partial charge is 0.411 e. The zero-order valence-corrected chi connectivity index (χ0v) is 23.9.